The Morgan fingerprint density at radius 2 is 1.90 bits per heavy atom. The Bertz CT molecular complexity index is 1200. The van der Waals surface area contributed by atoms with E-state index in [1.54, 1.807) is 29.1 Å². The molecule has 1 aliphatic heterocycles. The molecule has 0 atom stereocenters. The average Bonchev–Trinajstić information content (AvgIpc) is 3.16. The normalized spacial score (nSPS) is 13.6. The van der Waals surface area contributed by atoms with E-state index in [2.05, 4.69) is 15.5 Å². The van der Waals surface area contributed by atoms with Crippen molar-refractivity contribution in [3.05, 3.63) is 40.4 Å². The topological polar surface area (TPSA) is 100 Å². The molecule has 164 valence electrons. The summed E-state index contributed by atoms with van der Waals surface area (Å²) in [5.41, 5.74) is 1.02. The van der Waals surface area contributed by atoms with E-state index in [-0.39, 0.29) is 29.5 Å². The van der Waals surface area contributed by atoms with Crippen LogP contribution in [-0.2, 0) is 16.9 Å². The summed E-state index contributed by atoms with van der Waals surface area (Å²) < 4.78 is 14.0. The van der Waals surface area contributed by atoms with E-state index in [4.69, 9.17) is 9.47 Å². The largest absolute Gasteiger partial charge is 0.486 e. The molecule has 0 aliphatic carbocycles. The number of amides is 1. The minimum atomic E-state index is -0.387. The molecular weight excluding hydrogens is 398 g/mol. The van der Waals surface area contributed by atoms with Crippen molar-refractivity contribution >= 4 is 22.5 Å². The Kier molecular flexibility index (Phi) is 5.20. The third-order valence-corrected chi connectivity index (χ3v) is 5.01. The Balaban J connectivity index is 1.67. The number of carbonyl (C=O) groups excluding carboxylic acids is 1. The van der Waals surface area contributed by atoms with Crippen molar-refractivity contribution in [2.45, 2.75) is 52.6 Å². The summed E-state index contributed by atoms with van der Waals surface area (Å²) in [6, 6.07) is 5.19. The van der Waals surface area contributed by atoms with Crippen LogP contribution < -0.4 is 20.3 Å². The van der Waals surface area contributed by atoms with Gasteiger partial charge in [0.25, 0.3) is 5.56 Å². The fourth-order valence-corrected chi connectivity index (χ4v) is 3.59. The molecule has 0 radical (unpaired) electrons. The van der Waals surface area contributed by atoms with E-state index < -0.39 is 0 Å². The molecule has 0 spiro atoms. The van der Waals surface area contributed by atoms with E-state index in [1.165, 1.54) is 4.68 Å². The highest BCUT2D eigenvalue weighted by Gasteiger charge is 2.24. The van der Waals surface area contributed by atoms with Gasteiger partial charge in [0.05, 0.1) is 17.4 Å². The Morgan fingerprint density at radius 1 is 1.19 bits per heavy atom. The molecule has 3 heterocycles. The second-order valence-corrected chi connectivity index (χ2v) is 8.90. The van der Waals surface area contributed by atoms with Crippen LogP contribution in [0.5, 0.6) is 11.5 Å². The number of benzene rings is 1. The number of hydrogen-bond donors (Lipinski definition) is 1. The number of anilines is 1. The van der Waals surface area contributed by atoms with Crippen LogP contribution >= 0.6 is 0 Å². The molecule has 1 amide bonds. The molecule has 9 nitrogen and oxygen atoms in total. The molecule has 0 saturated heterocycles. The maximum Gasteiger partial charge on any atom is 0.293 e. The first-order valence-electron chi connectivity index (χ1n) is 10.3. The first-order valence-corrected chi connectivity index (χ1v) is 10.3. The Hall–Kier alpha value is -3.36. The molecule has 0 unspecified atom stereocenters. The molecule has 0 saturated carbocycles. The zero-order valence-corrected chi connectivity index (χ0v) is 18.4. The monoisotopic (exact) mass is 425 g/mol. The summed E-state index contributed by atoms with van der Waals surface area (Å²) >= 11 is 0. The summed E-state index contributed by atoms with van der Waals surface area (Å²) in [5.74, 6) is 0.927. The second kappa shape index (κ2) is 7.72. The quantitative estimate of drug-likeness (QED) is 0.690. The zero-order chi connectivity index (χ0) is 22.3. The van der Waals surface area contributed by atoms with Crippen molar-refractivity contribution in [2.75, 3.05) is 18.5 Å². The first kappa shape index (κ1) is 20.9. The van der Waals surface area contributed by atoms with Crippen LogP contribution in [-0.4, -0.2) is 38.7 Å². The zero-order valence-electron chi connectivity index (χ0n) is 18.4. The van der Waals surface area contributed by atoms with Gasteiger partial charge in [0.2, 0.25) is 5.91 Å². The summed E-state index contributed by atoms with van der Waals surface area (Å²) in [6.07, 6.45) is 1.68. The van der Waals surface area contributed by atoms with Gasteiger partial charge in [-0.05, 0) is 38.8 Å². The third-order valence-electron chi connectivity index (χ3n) is 5.01. The number of fused-ring (bicyclic) bond motifs is 2. The molecule has 1 aromatic carbocycles. The van der Waals surface area contributed by atoms with E-state index in [0.29, 0.717) is 35.9 Å². The van der Waals surface area contributed by atoms with Crippen molar-refractivity contribution in [1.29, 1.82) is 0 Å². The van der Waals surface area contributed by atoms with Gasteiger partial charge in [-0.25, -0.2) is 4.68 Å². The van der Waals surface area contributed by atoms with Crippen molar-refractivity contribution in [2.24, 2.45) is 0 Å². The lowest BCUT2D eigenvalue weighted by Gasteiger charge is -2.21. The van der Waals surface area contributed by atoms with Crippen LogP contribution in [0, 0.1) is 0 Å². The highest BCUT2D eigenvalue weighted by atomic mass is 16.6. The highest BCUT2D eigenvalue weighted by molar-refractivity contribution is 5.91. The standard InChI is InChI=1S/C22H27N5O4/c1-13(2)19-15-11-23-27(22(3,4)5)20(15)21(29)26(25-19)12-18(28)24-14-6-7-16-17(10-14)31-9-8-30-16/h6-7,10-11,13H,8-9,12H2,1-5H3,(H,24,28). The van der Waals surface area contributed by atoms with Crippen LogP contribution in [0.25, 0.3) is 10.9 Å². The Morgan fingerprint density at radius 3 is 2.58 bits per heavy atom. The van der Waals surface area contributed by atoms with Gasteiger partial charge >= 0.3 is 0 Å². The maximum atomic E-state index is 13.2. The molecule has 1 N–H and O–H groups in total. The number of nitrogens with zero attached hydrogens (tertiary/aromatic N) is 4. The SMILES string of the molecule is CC(C)c1nn(CC(=O)Nc2ccc3c(c2)OCCO3)c(=O)c2c1cnn2C(C)(C)C. The summed E-state index contributed by atoms with van der Waals surface area (Å²) in [5, 5.41) is 12.5. The van der Waals surface area contributed by atoms with Crippen molar-refractivity contribution in [1.82, 2.24) is 19.6 Å². The van der Waals surface area contributed by atoms with Gasteiger partial charge in [-0.2, -0.15) is 10.2 Å². The number of carbonyl (C=O) groups is 1. The van der Waals surface area contributed by atoms with Gasteiger partial charge in [0.15, 0.2) is 11.5 Å². The molecule has 31 heavy (non-hydrogen) atoms. The predicted molar refractivity (Wildman–Crippen MR) is 117 cm³/mol. The minimum absolute atomic E-state index is 0.0628. The van der Waals surface area contributed by atoms with Crippen molar-refractivity contribution in [3.8, 4) is 11.5 Å². The number of ether oxygens (including phenoxy) is 2. The van der Waals surface area contributed by atoms with Crippen LogP contribution in [0.3, 0.4) is 0 Å². The summed E-state index contributed by atoms with van der Waals surface area (Å²) in [4.78, 5) is 26.0. The number of hydrogen-bond acceptors (Lipinski definition) is 6. The van der Waals surface area contributed by atoms with E-state index in [1.807, 2.05) is 34.6 Å². The molecule has 0 bridgehead atoms. The molecule has 9 heteroatoms. The lowest BCUT2D eigenvalue weighted by atomic mass is 10.1. The predicted octanol–water partition coefficient (Wildman–Crippen LogP) is 2.88. The van der Waals surface area contributed by atoms with Crippen LogP contribution in [0.4, 0.5) is 5.69 Å². The first-order chi connectivity index (χ1) is 14.6. The smallest absolute Gasteiger partial charge is 0.293 e. The van der Waals surface area contributed by atoms with E-state index in [0.717, 1.165) is 11.1 Å². The molecular formula is C22H27N5O4. The number of nitrogens with one attached hydrogen (secondary N) is 1. The lowest BCUT2D eigenvalue weighted by molar-refractivity contribution is -0.117. The van der Waals surface area contributed by atoms with Gasteiger partial charge in [-0.1, -0.05) is 13.8 Å². The van der Waals surface area contributed by atoms with Crippen LogP contribution in [0.2, 0.25) is 0 Å². The number of aromatic nitrogens is 4. The average molecular weight is 425 g/mol. The van der Waals surface area contributed by atoms with Gasteiger partial charge in [-0.15, -0.1) is 0 Å². The van der Waals surface area contributed by atoms with Crippen molar-refractivity contribution < 1.29 is 14.3 Å². The third kappa shape index (κ3) is 3.99. The molecule has 1 aliphatic rings. The van der Waals surface area contributed by atoms with Crippen LogP contribution in [0.1, 0.15) is 46.2 Å². The Labute approximate surface area is 180 Å². The van der Waals surface area contributed by atoms with Crippen molar-refractivity contribution in [3.63, 3.8) is 0 Å². The van der Waals surface area contributed by atoms with Gasteiger partial charge in [0.1, 0.15) is 25.3 Å². The van der Waals surface area contributed by atoms with Gasteiger partial charge < -0.3 is 14.8 Å². The second-order valence-electron chi connectivity index (χ2n) is 8.90. The molecule has 4 rings (SSSR count). The summed E-state index contributed by atoms with van der Waals surface area (Å²) in [6.45, 7) is 10.7. The number of rotatable bonds is 4. The fourth-order valence-electron chi connectivity index (χ4n) is 3.59. The van der Waals surface area contributed by atoms with E-state index >= 15 is 0 Å². The van der Waals surface area contributed by atoms with E-state index in [9.17, 15) is 9.59 Å². The molecule has 2 aromatic heterocycles. The molecule has 3 aromatic rings. The van der Waals surface area contributed by atoms with Gasteiger partial charge in [0, 0.05) is 17.1 Å². The van der Waals surface area contributed by atoms with Gasteiger partial charge in [-0.3, -0.25) is 14.3 Å². The minimum Gasteiger partial charge on any atom is -0.486 e. The summed E-state index contributed by atoms with van der Waals surface area (Å²) in [7, 11) is 0. The lowest BCUT2D eigenvalue weighted by Crippen LogP contribution is -2.34. The van der Waals surface area contributed by atoms with Crippen LogP contribution in [0.15, 0.2) is 29.2 Å². The fraction of sp³-hybridized carbons (Fsp3) is 0.455. The molecule has 0 fully saturated rings. The maximum absolute atomic E-state index is 13.2. The highest BCUT2D eigenvalue weighted by Crippen LogP contribution is 2.32.